The number of benzene rings is 2. The molecule has 5 nitrogen and oxygen atoms in total. The van der Waals surface area contributed by atoms with Gasteiger partial charge in [0.05, 0.1) is 24.7 Å². The van der Waals surface area contributed by atoms with Crippen LogP contribution < -0.4 is 5.32 Å². The highest BCUT2D eigenvalue weighted by Crippen LogP contribution is 2.21. The van der Waals surface area contributed by atoms with Crippen LogP contribution in [0.3, 0.4) is 0 Å². The summed E-state index contributed by atoms with van der Waals surface area (Å²) in [7, 11) is 0. The van der Waals surface area contributed by atoms with Crippen LogP contribution in [-0.4, -0.2) is 22.7 Å². The number of aromatic amines is 1. The Hall–Kier alpha value is -3.08. The van der Waals surface area contributed by atoms with Crippen LogP contribution in [0.2, 0.25) is 0 Å². The van der Waals surface area contributed by atoms with Crippen molar-refractivity contribution in [1.29, 1.82) is 0 Å². The molecule has 128 valence electrons. The highest BCUT2D eigenvalue weighted by Gasteiger charge is 2.17. The van der Waals surface area contributed by atoms with Gasteiger partial charge in [-0.3, -0.25) is 0 Å². The molecule has 0 atom stereocenters. The molecule has 3 aromatic rings. The molecule has 25 heavy (non-hydrogen) atoms. The predicted octanol–water partition coefficient (Wildman–Crippen LogP) is 3.86. The summed E-state index contributed by atoms with van der Waals surface area (Å²) in [6, 6.07) is 19.5. The number of aryl methyl sites for hydroxylation is 1. The Kier molecular flexibility index (Phi) is 5.82. The van der Waals surface area contributed by atoms with Crippen LogP contribution in [0.4, 0.5) is 4.79 Å². The molecule has 0 saturated carbocycles. The zero-order valence-corrected chi connectivity index (χ0v) is 13.9. The van der Waals surface area contributed by atoms with E-state index >= 15 is 0 Å². The zero-order chi connectivity index (χ0) is 17.3. The number of nitrogens with zero attached hydrogens (tertiary/aromatic N) is 1. The number of hydrogen-bond donors (Lipinski definition) is 2. The predicted molar refractivity (Wildman–Crippen MR) is 96.1 cm³/mol. The van der Waals surface area contributed by atoms with Crippen molar-refractivity contribution in [1.82, 2.24) is 15.3 Å². The number of ether oxygens (including phenoxy) is 1. The van der Waals surface area contributed by atoms with Crippen molar-refractivity contribution in [2.24, 2.45) is 0 Å². The maximum atomic E-state index is 12.2. The van der Waals surface area contributed by atoms with Crippen molar-refractivity contribution < 1.29 is 9.53 Å². The maximum absolute atomic E-state index is 12.2. The second-order valence-electron chi connectivity index (χ2n) is 5.70. The second-order valence-corrected chi connectivity index (χ2v) is 5.70. The van der Waals surface area contributed by atoms with Gasteiger partial charge in [0.1, 0.15) is 0 Å². The standard InChI is InChI=1S/C20H21N3O2/c24-20(25-13-7-12-18-14-21-15-22-18)23-19(16-8-3-1-4-9-16)17-10-5-2-6-11-17/h1-6,8-11,14-15,19H,7,12-13H2,(H,21,22)(H,23,24). The van der Waals surface area contributed by atoms with Crippen molar-refractivity contribution >= 4 is 6.09 Å². The SMILES string of the molecule is O=C(NC(c1ccccc1)c1ccccc1)OCCCc1c[nH]cn1. The van der Waals surface area contributed by atoms with Crippen molar-refractivity contribution in [2.75, 3.05) is 6.61 Å². The Morgan fingerprint density at radius 2 is 1.68 bits per heavy atom. The summed E-state index contributed by atoms with van der Waals surface area (Å²) < 4.78 is 5.33. The van der Waals surface area contributed by atoms with Crippen molar-refractivity contribution in [2.45, 2.75) is 18.9 Å². The highest BCUT2D eigenvalue weighted by molar-refractivity contribution is 5.68. The molecule has 1 aromatic heterocycles. The Bertz CT molecular complexity index is 719. The van der Waals surface area contributed by atoms with Crippen molar-refractivity contribution in [3.05, 3.63) is 90.0 Å². The van der Waals surface area contributed by atoms with E-state index in [-0.39, 0.29) is 6.04 Å². The summed E-state index contributed by atoms with van der Waals surface area (Å²) >= 11 is 0. The van der Waals surface area contributed by atoms with E-state index in [0.717, 1.165) is 29.7 Å². The van der Waals surface area contributed by atoms with E-state index in [1.165, 1.54) is 0 Å². The smallest absolute Gasteiger partial charge is 0.407 e. The number of rotatable bonds is 7. The van der Waals surface area contributed by atoms with E-state index in [1.54, 1.807) is 6.33 Å². The Balaban J connectivity index is 1.57. The minimum Gasteiger partial charge on any atom is -0.450 e. The van der Waals surface area contributed by atoms with Crippen LogP contribution in [0.5, 0.6) is 0 Å². The average Bonchev–Trinajstić information content (AvgIpc) is 3.18. The fourth-order valence-electron chi connectivity index (χ4n) is 2.66. The topological polar surface area (TPSA) is 67.0 Å². The molecule has 3 rings (SSSR count). The summed E-state index contributed by atoms with van der Waals surface area (Å²) in [4.78, 5) is 19.3. The normalized spacial score (nSPS) is 10.6. The van der Waals surface area contributed by atoms with Gasteiger partial charge in [0.25, 0.3) is 0 Å². The molecule has 2 aromatic carbocycles. The summed E-state index contributed by atoms with van der Waals surface area (Å²) in [5, 5.41) is 2.96. The van der Waals surface area contributed by atoms with Crippen LogP contribution in [0.25, 0.3) is 0 Å². The minimum atomic E-state index is -0.417. The molecule has 1 amide bonds. The van der Waals surface area contributed by atoms with Gasteiger partial charge >= 0.3 is 6.09 Å². The molecule has 0 spiro atoms. The number of carbonyl (C=O) groups excluding carboxylic acids is 1. The number of alkyl carbamates (subject to hydrolysis) is 1. The first kappa shape index (κ1) is 16.8. The molecule has 0 aliphatic rings. The Morgan fingerprint density at radius 1 is 1.04 bits per heavy atom. The molecule has 0 aliphatic carbocycles. The zero-order valence-electron chi connectivity index (χ0n) is 13.9. The van der Waals surface area contributed by atoms with E-state index < -0.39 is 6.09 Å². The third kappa shape index (κ3) is 4.94. The monoisotopic (exact) mass is 335 g/mol. The molecule has 0 unspecified atom stereocenters. The van der Waals surface area contributed by atoms with Crippen molar-refractivity contribution in [3.8, 4) is 0 Å². The van der Waals surface area contributed by atoms with Gasteiger partial charge in [-0.05, 0) is 24.0 Å². The van der Waals surface area contributed by atoms with E-state index in [0.29, 0.717) is 6.61 Å². The van der Waals surface area contributed by atoms with Crippen LogP contribution in [0.1, 0.15) is 29.3 Å². The quantitative estimate of drug-likeness (QED) is 0.644. The van der Waals surface area contributed by atoms with E-state index in [2.05, 4.69) is 15.3 Å². The first-order chi connectivity index (χ1) is 12.3. The first-order valence-corrected chi connectivity index (χ1v) is 8.34. The fourth-order valence-corrected chi connectivity index (χ4v) is 2.66. The number of hydrogen-bond acceptors (Lipinski definition) is 3. The average molecular weight is 335 g/mol. The molecule has 1 heterocycles. The van der Waals surface area contributed by atoms with E-state index in [4.69, 9.17) is 4.74 Å². The van der Waals surface area contributed by atoms with Gasteiger partial charge in [0.2, 0.25) is 0 Å². The number of aromatic nitrogens is 2. The van der Waals surface area contributed by atoms with Crippen LogP contribution in [0, 0.1) is 0 Å². The lowest BCUT2D eigenvalue weighted by molar-refractivity contribution is 0.142. The van der Waals surface area contributed by atoms with E-state index in [9.17, 15) is 4.79 Å². The molecule has 5 heteroatoms. The molecule has 0 saturated heterocycles. The van der Waals surface area contributed by atoms with Gasteiger partial charge in [-0.2, -0.15) is 0 Å². The van der Waals surface area contributed by atoms with Crippen LogP contribution in [0.15, 0.2) is 73.2 Å². The lowest BCUT2D eigenvalue weighted by Crippen LogP contribution is -2.30. The third-order valence-electron chi connectivity index (χ3n) is 3.89. The number of nitrogens with one attached hydrogen (secondary N) is 2. The van der Waals surface area contributed by atoms with Gasteiger partial charge in [0.15, 0.2) is 0 Å². The van der Waals surface area contributed by atoms with Gasteiger partial charge in [-0.25, -0.2) is 9.78 Å². The Labute approximate surface area is 147 Å². The van der Waals surface area contributed by atoms with Gasteiger partial charge in [-0.1, -0.05) is 60.7 Å². The Morgan fingerprint density at radius 3 is 2.24 bits per heavy atom. The molecule has 0 fully saturated rings. The molecule has 0 radical (unpaired) electrons. The fraction of sp³-hybridized carbons (Fsp3) is 0.200. The van der Waals surface area contributed by atoms with Crippen LogP contribution in [-0.2, 0) is 11.2 Å². The lowest BCUT2D eigenvalue weighted by atomic mass is 9.99. The lowest BCUT2D eigenvalue weighted by Gasteiger charge is -2.19. The summed E-state index contributed by atoms with van der Waals surface area (Å²) in [5.41, 5.74) is 3.00. The second kappa shape index (κ2) is 8.68. The summed E-state index contributed by atoms with van der Waals surface area (Å²) in [5.74, 6) is 0. The van der Waals surface area contributed by atoms with Crippen LogP contribution >= 0.6 is 0 Å². The minimum absolute atomic E-state index is 0.235. The summed E-state index contributed by atoms with van der Waals surface area (Å²) in [6.07, 6.45) is 4.59. The van der Waals surface area contributed by atoms with Gasteiger partial charge in [0, 0.05) is 6.20 Å². The van der Waals surface area contributed by atoms with E-state index in [1.807, 2.05) is 66.9 Å². The van der Waals surface area contributed by atoms with Crippen molar-refractivity contribution in [3.63, 3.8) is 0 Å². The molecular formula is C20H21N3O2. The third-order valence-corrected chi connectivity index (χ3v) is 3.89. The number of imidazole rings is 1. The molecule has 2 N–H and O–H groups in total. The number of amides is 1. The maximum Gasteiger partial charge on any atom is 0.407 e. The molecular weight excluding hydrogens is 314 g/mol. The molecule has 0 bridgehead atoms. The first-order valence-electron chi connectivity index (χ1n) is 8.34. The van der Waals surface area contributed by atoms with Gasteiger partial charge < -0.3 is 15.0 Å². The number of carbonyl (C=O) groups is 1. The molecule has 0 aliphatic heterocycles. The summed E-state index contributed by atoms with van der Waals surface area (Å²) in [6.45, 7) is 0.356. The highest BCUT2D eigenvalue weighted by atomic mass is 16.5. The van der Waals surface area contributed by atoms with Gasteiger partial charge in [-0.15, -0.1) is 0 Å². The largest absolute Gasteiger partial charge is 0.450 e. The number of H-pyrrole nitrogens is 1.